The SMILES string of the molecule is CNC(=O)S[13CH2][13C@H]([15NH]C(C)=O)[13C](=O)O. The molecule has 0 aromatic carbocycles. The van der Waals surface area contributed by atoms with Gasteiger partial charge in [0.25, 0.3) is 5.24 Å². The molecular formula is C7H12N2O4S. The van der Waals surface area contributed by atoms with Crippen LogP contribution in [-0.4, -0.2) is 41.1 Å². The van der Waals surface area contributed by atoms with Crippen LogP contribution in [0, 0.1) is 0 Å². The van der Waals surface area contributed by atoms with Gasteiger partial charge in [-0.15, -0.1) is 0 Å². The van der Waals surface area contributed by atoms with Crippen LogP contribution in [-0.2, 0) is 9.59 Å². The summed E-state index contributed by atoms with van der Waals surface area (Å²) in [5.74, 6) is -1.58. The third-order valence-electron chi connectivity index (χ3n) is 1.26. The number of hydrogen-bond donors (Lipinski definition) is 3. The van der Waals surface area contributed by atoms with E-state index in [0.717, 1.165) is 11.8 Å². The van der Waals surface area contributed by atoms with Crippen molar-refractivity contribution in [2.24, 2.45) is 0 Å². The quantitative estimate of drug-likeness (QED) is 0.448. The van der Waals surface area contributed by atoms with E-state index in [0.29, 0.717) is 0 Å². The van der Waals surface area contributed by atoms with Gasteiger partial charge in [0, 0.05) is 19.7 Å². The second kappa shape index (κ2) is 6.25. The molecule has 0 fully saturated rings. The largest absolute Gasteiger partial charge is 0.480 e. The number of nitrogens with one attached hydrogen (secondary N) is 2. The van der Waals surface area contributed by atoms with Gasteiger partial charge in [-0.1, -0.05) is 11.8 Å². The average molecular weight is 224 g/mol. The highest BCUT2D eigenvalue weighted by Gasteiger charge is 2.19. The van der Waals surface area contributed by atoms with Crippen LogP contribution in [0.1, 0.15) is 6.92 Å². The Bertz CT molecular complexity index is 244. The van der Waals surface area contributed by atoms with Crippen molar-refractivity contribution in [2.75, 3.05) is 12.8 Å². The summed E-state index contributed by atoms with van der Waals surface area (Å²) in [6.45, 7) is 1.22. The molecule has 2 amide bonds. The molecule has 0 rings (SSSR count). The zero-order valence-corrected chi connectivity index (χ0v) is 8.68. The summed E-state index contributed by atoms with van der Waals surface area (Å²) in [5, 5.41) is 12.9. The molecule has 7 heteroatoms. The molecule has 0 saturated heterocycles. The molecule has 0 aromatic rings. The van der Waals surface area contributed by atoms with Crippen molar-refractivity contribution in [1.82, 2.24) is 10.6 Å². The molecule has 14 heavy (non-hydrogen) atoms. The van der Waals surface area contributed by atoms with E-state index in [2.05, 4.69) is 10.6 Å². The van der Waals surface area contributed by atoms with Crippen molar-refractivity contribution in [3.05, 3.63) is 0 Å². The number of carbonyl (C=O) groups excluding carboxylic acids is 2. The predicted octanol–water partition coefficient (Wildman–Crippen LogP) is -0.352. The Kier molecular flexibility index (Phi) is 5.70. The Balaban J connectivity index is 4.04. The fourth-order valence-electron chi connectivity index (χ4n) is 0.651. The lowest BCUT2D eigenvalue weighted by atomic mass is 10.8. The molecule has 0 spiro atoms. The van der Waals surface area contributed by atoms with E-state index in [1.165, 1.54) is 14.0 Å². The van der Waals surface area contributed by atoms with E-state index in [4.69, 9.17) is 5.11 Å². The van der Waals surface area contributed by atoms with Crippen LogP contribution in [0.5, 0.6) is 0 Å². The van der Waals surface area contributed by atoms with Crippen molar-refractivity contribution in [3.63, 3.8) is 0 Å². The normalized spacial score (nSPS) is 11.6. The maximum atomic E-state index is 10.8. The Morgan fingerprint density at radius 1 is 1.43 bits per heavy atom. The molecule has 0 heterocycles. The number of thioether (sulfide) groups is 1. The smallest absolute Gasteiger partial charge is 0.327 e. The van der Waals surface area contributed by atoms with Gasteiger partial charge in [-0.05, 0) is 0 Å². The van der Waals surface area contributed by atoms with E-state index in [1.807, 2.05) is 0 Å². The van der Waals surface area contributed by atoms with Gasteiger partial charge in [-0.3, -0.25) is 9.59 Å². The molecule has 6 nitrogen and oxygen atoms in total. The van der Waals surface area contributed by atoms with Gasteiger partial charge in [0.15, 0.2) is 0 Å². The lowest BCUT2D eigenvalue weighted by Crippen LogP contribution is -2.41. The molecule has 0 aliphatic rings. The number of hydrogen-bond acceptors (Lipinski definition) is 4. The van der Waals surface area contributed by atoms with Crippen molar-refractivity contribution in [3.8, 4) is 0 Å². The second-order valence-electron chi connectivity index (χ2n) is 2.44. The van der Waals surface area contributed by atoms with Crippen molar-refractivity contribution in [2.45, 2.75) is 13.0 Å². The Labute approximate surface area is 85.4 Å². The van der Waals surface area contributed by atoms with Crippen LogP contribution in [0.2, 0.25) is 0 Å². The highest BCUT2D eigenvalue weighted by atomic mass is 32.2. The van der Waals surface area contributed by atoms with Gasteiger partial charge in [-0.25, -0.2) is 4.79 Å². The summed E-state index contributed by atoms with van der Waals surface area (Å²) < 4.78 is 0. The minimum Gasteiger partial charge on any atom is -0.480 e. The Hall–Kier alpha value is -1.24. The number of carbonyl (C=O) groups is 3. The maximum absolute atomic E-state index is 10.8. The van der Waals surface area contributed by atoms with E-state index in [1.54, 1.807) is 0 Å². The van der Waals surface area contributed by atoms with Crippen LogP contribution in [0.3, 0.4) is 0 Å². The van der Waals surface area contributed by atoms with Gasteiger partial charge in [0.1, 0.15) is 6.04 Å². The van der Waals surface area contributed by atoms with Crippen LogP contribution in [0.25, 0.3) is 0 Å². The standard InChI is InChI=1S/C7H12N2O4S/c1-4(10)9-5(6(11)12)3-14-7(13)8-2/h5H,3H2,1-2H3,(H,8,13)(H,9,10)(H,11,12)/t5-/m0/s1/i3+1,5+1,6+1,9+1. The van der Waals surface area contributed by atoms with Crippen molar-refractivity contribution in [1.29, 1.82) is 0 Å². The van der Waals surface area contributed by atoms with E-state index in [-0.39, 0.29) is 11.0 Å². The minimum absolute atomic E-state index is 0.00852. The van der Waals surface area contributed by atoms with E-state index in [9.17, 15) is 14.4 Å². The van der Waals surface area contributed by atoms with Crippen LogP contribution in [0.4, 0.5) is 4.79 Å². The summed E-state index contributed by atoms with van der Waals surface area (Å²) in [6.07, 6.45) is 0. The van der Waals surface area contributed by atoms with Crippen LogP contribution < -0.4 is 10.6 Å². The molecular weight excluding hydrogens is 212 g/mol. The van der Waals surface area contributed by atoms with Crippen LogP contribution >= 0.6 is 11.8 Å². The number of amides is 2. The molecule has 3 N–H and O–H groups in total. The van der Waals surface area contributed by atoms with Gasteiger partial charge < -0.3 is 15.7 Å². The molecule has 0 aromatic heterocycles. The summed E-state index contributed by atoms with van der Waals surface area (Å²) in [7, 11) is 1.45. The fourth-order valence-corrected chi connectivity index (χ4v) is 1.34. The maximum Gasteiger partial charge on any atom is 0.327 e. The monoisotopic (exact) mass is 224 g/mol. The fraction of sp³-hybridized carbons (Fsp3) is 0.571. The molecule has 80 valence electrons. The number of aliphatic carboxylic acids is 1. The van der Waals surface area contributed by atoms with E-state index >= 15 is 0 Å². The molecule has 0 aliphatic heterocycles. The van der Waals surface area contributed by atoms with Gasteiger partial charge in [-0.2, -0.15) is 0 Å². The van der Waals surface area contributed by atoms with Crippen molar-refractivity contribution >= 4 is 28.9 Å². The highest BCUT2D eigenvalue weighted by molar-refractivity contribution is 8.13. The summed E-state index contributed by atoms with van der Waals surface area (Å²) >= 11 is 0.809. The third kappa shape index (κ3) is 5.41. The molecule has 0 bridgehead atoms. The highest BCUT2D eigenvalue weighted by Crippen LogP contribution is 2.03. The predicted molar refractivity (Wildman–Crippen MR) is 52.2 cm³/mol. The zero-order valence-electron chi connectivity index (χ0n) is 7.86. The summed E-state index contributed by atoms with van der Waals surface area (Å²) in [4.78, 5) is 31.9. The molecule has 0 aliphatic carbocycles. The first-order valence-electron chi connectivity index (χ1n) is 3.81. The topological polar surface area (TPSA) is 95.5 Å². The molecule has 0 unspecified atom stereocenters. The summed E-state index contributed by atoms with van der Waals surface area (Å²) in [5.41, 5.74) is 0. The lowest BCUT2D eigenvalue weighted by molar-refractivity contribution is -0.140. The molecule has 0 radical (unpaired) electrons. The van der Waals surface area contributed by atoms with Crippen LogP contribution in [0.15, 0.2) is 0 Å². The van der Waals surface area contributed by atoms with E-state index < -0.39 is 17.9 Å². The van der Waals surface area contributed by atoms with Gasteiger partial charge in [0.05, 0.1) is 0 Å². The number of rotatable bonds is 4. The number of carboxylic acid groups (broad SMARTS) is 1. The van der Waals surface area contributed by atoms with Gasteiger partial charge in [0.2, 0.25) is 5.91 Å². The zero-order chi connectivity index (χ0) is 11.1. The first-order valence-corrected chi connectivity index (χ1v) is 4.80. The first-order chi connectivity index (χ1) is 6.47. The summed E-state index contributed by atoms with van der Waals surface area (Å²) in [6, 6.07) is -1.03. The third-order valence-corrected chi connectivity index (χ3v) is 2.23. The Morgan fingerprint density at radius 3 is 2.36 bits per heavy atom. The second-order valence-corrected chi connectivity index (χ2v) is 3.43. The average Bonchev–Trinajstić information content (AvgIpc) is 2.10. The van der Waals surface area contributed by atoms with Crippen molar-refractivity contribution < 1.29 is 19.5 Å². The molecule has 1 atom stereocenters. The minimum atomic E-state index is -1.16. The van der Waals surface area contributed by atoms with Gasteiger partial charge >= 0.3 is 5.97 Å². The Morgan fingerprint density at radius 2 is 2.00 bits per heavy atom. The number of carboxylic acids is 1. The first kappa shape index (κ1) is 12.8. The molecule has 0 saturated carbocycles. The lowest BCUT2D eigenvalue weighted by Gasteiger charge is -2.11.